The molecular weight excluding hydrogens is 351 g/mol. The third-order valence-electron chi connectivity index (χ3n) is 3.80. The van der Waals surface area contributed by atoms with Crippen LogP contribution in [0.1, 0.15) is 17.0 Å². The first-order valence-electron chi connectivity index (χ1n) is 8.15. The standard InChI is InChI=1S/C19H19FN4OS/c1-13-7-9-14(10-8-13)11-17-22-19(26-23-17)24(2)12-18(25)21-16-6-4-3-5-15(16)20/h3-10H,11-12H2,1-2H3,(H,21,25). The van der Waals surface area contributed by atoms with E-state index in [1.54, 1.807) is 24.1 Å². The van der Waals surface area contributed by atoms with Crippen LogP contribution in [0.25, 0.3) is 0 Å². The van der Waals surface area contributed by atoms with E-state index in [0.717, 1.165) is 11.4 Å². The van der Waals surface area contributed by atoms with Crippen LogP contribution < -0.4 is 10.2 Å². The first kappa shape index (κ1) is 18.0. The number of nitrogens with one attached hydrogen (secondary N) is 1. The number of aryl methyl sites for hydroxylation is 1. The van der Waals surface area contributed by atoms with Gasteiger partial charge in [0.1, 0.15) is 11.6 Å². The van der Waals surface area contributed by atoms with Crippen LogP contribution in [0.3, 0.4) is 0 Å². The largest absolute Gasteiger partial charge is 0.341 e. The van der Waals surface area contributed by atoms with Crippen molar-refractivity contribution in [1.82, 2.24) is 9.36 Å². The maximum Gasteiger partial charge on any atom is 0.244 e. The molecule has 0 saturated heterocycles. The number of nitrogens with zero attached hydrogens (tertiary/aromatic N) is 3. The molecule has 134 valence electrons. The van der Waals surface area contributed by atoms with Gasteiger partial charge in [0.2, 0.25) is 11.0 Å². The molecule has 0 spiro atoms. The summed E-state index contributed by atoms with van der Waals surface area (Å²) in [5.41, 5.74) is 2.52. The fourth-order valence-corrected chi connectivity index (χ4v) is 3.04. The second-order valence-electron chi connectivity index (χ2n) is 6.04. The summed E-state index contributed by atoms with van der Waals surface area (Å²) >= 11 is 1.24. The van der Waals surface area contributed by atoms with E-state index in [2.05, 4.69) is 38.9 Å². The minimum atomic E-state index is -0.459. The van der Waals surface area contributed by atoms with Gasteiger partial charge in [0.25, 0.3) is 0 Å². The predicted octanol–water partition coefficient (Wildman–Crippen LogP) is 3.65. The van der Waals surface area contributed by atoms with Crippen LogP contribution in [0.15, 0.2) is 48.5 Å². The van der Waals surface area contributed by atoms with Crippen LogP contribution in [-0.4, -0.2) is 28.9 Å². The third kappa shape index (κ3) is 4.64. The normalized spacial score (nSPS) is 10.6. The molecule has 1 amide bonds. The van der Waals surface area contributed by atoms with Crippen LogP contribution >= 0.6 is 11.5 Å². The molecule has 3 rings (SSSR count). The topological polar surface area (TPSA) is 58.1 Å². The number of rotatable bonds is 6. The Morgan fingerprint density at radius 2 is 1.92 bits per heavy atom. The Balaban J connectivity index is 1.59. The average molecular weight is 370 g/mol. The number of hydrogen-bond acceptors (Lipinski definition) is 5. The van der Waals surface area contributed by atoms with E-state index in [0.29, 0.717) is 11.6 Å². The Labute approximate surface area is 155 Å². The number of likely N-dealkylation sites (N-methyl/N-ethyl adjacent to an activating group) is 1. The number of benzene rings is 2. The lowest BCUT2D eigenvalue weighted by Crippen LogP contribution is -2.30. The molecule has 26 heavy (non-hydrogen) atoms. The summed E-state index contributed by atoms with van der Waals surface area (Å²) in [7, 11) is 1.76. The Morgan fingerprint density at radius 3 is 2.65 bits per heavy atom. The molecule has 1 heterocycles. The Bertz CT molecular complexity index is 895. The van der Waals surface area contributed by atoms with Crippen molar-refractivity contribution >= 4 is 28.3 Å². The van der Waals surface area contributed by atoms with Gasteiger partial charge in [0.05, 0.1) is 12.2 Å². The molecule has 0 fully saturated rings. The molecular formula is C19H19FN4OS. The zero-order chi connectivity index (χ0) is 18.5. The molecule has 2 aromatic carbocycles. The van der Waals surface area contributed by atoms with Gasteiger partial charge in [0.15, 0.2) is 0 Å². The highest BCUT2D eigenvalue weighted by Gasteiger charge is 2.14. The lowest BCUT2D eigenvalue weighted by Gasteiger charge is -2.14. The SMILES string of the molecule is Cc1ccc(Cc2nsc(N(C)CC(=O)Nc3ccccc3F)n2)cc1. The summed E-state index contributed by atoms with van der Waals surface area (Å²) in [6.45, 7) is 2.11. The van der Waals surface area contributed by atoms with Crippen LogP contribution in [-0.2, 0) is 11.2 Å². The predicted molar refractivity (Wildman–Crippen MR) is 102 cm³/mol. The van der Waals surface area contributed by atoms with E-state index in [1.165, 1.54) is 29.2 Å². The number of anilines is 2. The molecule has 0 bridgehead atoms. The maximum absolute atomic E-state index is 13.6. The first-order valence-corrected chi connectivity index (χ1v) is 8.92. The van der Waals surface area contributed by atoms with E-state index in [9.17, 15) is 9.18 Å². The number of carbonyl (C=O) groups is 1. The van der Waals surface area contributed by atoms with Gasteiger partial charge in [-0.1, -0.05) is 42.0 Å². The minimum Gasteiger partial charge on any atom is -0.341 e. The Kier molecular flexibility index (Phi) is 5.58. The second-order valence-corrected chi connectivity index (χ2v) is 6.77. The number of amides is 1. The Hall–Kier alpha value is -2.80. The van der Waals surface area contributed by atoms with E-state index in [-0.39, 0.29) is 18.1 Å². The van der Waals surface area contributed by atoms with Gasteiger partial charge in [0, 0.05) is 25.0 Å². The molecule has 0 aliphatic rings. The molecule has 0 aliphatic carbocycles. The number of para-hydroxylation sites is 1. The van der Waals surface area contributed by atoms with Crippen molar-refractivity contribution in [1.29, 1.82) is 0 Å². The molecule has 0 atom stereocenters. The molecule has 1 aromatic heterocycles. The molecule has 1 N–H and O–H groups in total. The summed E-state index contributed by atoms with van der Waals surface area (Å²) in [5, 5.41) is 3.21. The fourth-order valence-electron chi connectivity index (χ4n) is 2.40. The number of halogens is 1. The highest BCUT2D eigenvalue weighted by atomic mass is 32.1. The van der Waals surface area contributed by atoms with Crippen molar-refractivity contribution in [2.24, 2.45) is 0 Å². The highest BCUT2D eigenvalue weighted by Crippen LogP contribution is 2.18. The lowest BCUT2D eigenvalue weighted by atomic mass is 10.1. The average Bonchev–Trinajstić information content (AvgIpc) is 3.08. The quantitative estimate of drug-likeness (QED) is 0.720. The maximum atomic E-state index is 13.6. The Morgan fingerprint density at radius 1 is 1.19 bits per heavy atom. The van der Waals surface area contributed by atoms with Gasteiger partial charge in [-0.2, -0.15) is 4.37 Å². The number of carbonyl (C=O) groups excluding carboxylic acids is 1. The first-order chi connectivity index (χ1) is 12.5. The summed E-state index contributed by atoms with van der Waals surface area (Å²) in [6.07, 6.45) is 0.645. The van der Waals surface area contributed by atoms with E-state index in [4.69, 9.17) is 0 Å². The summed E-state index contributed by atoms with van der Waals surface area (Å²) in [4.78, 5) is 18.3. The molecule has 7 heteroatoms. The third-order valence-corrected chi connectivity index (χ3v) is 4.66. The van der Waals surface area contributed by atoms with Crippen molar-refractivity contribution in [2.45, 2.75) is 13.3 Å². The smallest absolute Gasteiger partial charge is 0.244 e. The van der Waals surface area contributed by atoms with Crippen molar-refractivity contribution in [3.05, 3.63) is 71.3 Å². The number of aromatic nitrogens is 2. The van der Waals surface area contributed by atoms with Gasteiger partial charge in [-0.05, 0) is 24.6 Å². The van der Waals surface area contributed by atoms with E-state index < -0.39 is 5.82 Å². The van der Waals surface area contributed by atoms with Gasteiger partial charge in [-0.3, -0.25) is 4.79 Å². The molecule has 0 unspecified atom stereocenters. The highest BCUT2D eigenvalue weighted by molar-refractivity contribution is 7.09. The van der Waals surface area contributed by atoms with Gasteiger partial charge in [-0.25, -0.2) is 9.37 Å². The zero-order valence-electron chi connectivity index (χ0n) is 14.6. The summed E-state index contributed by atoms with van der Waals surface area (Å²) < 4.78 is 18.0. The minimum absolute atomic E-state index is 0.0630. The van der Waals surface area contributed by atoms with Gasteiger partial charge >= 0.3 is 0 Å². The molecule has 0 radical (unpaired) electrons. The van der Waals surface area contributed by atoms with Crippen molar-refractivity contribution in [2.75, 3.05) is 23.8 Å². The van der Waals surface area contributed by atoms with Gasteiger partial charge < -0.3 is 10.2 Å². The summed E-state index contributed by atoms with van der Waals surface area (Å²) in [5.74, 6) is -0.0529. The van der Waals surface area contributed by atoms with E-state index >= 15 is 0 Å². The lowest BCUT2D eigenvalue weighted by molar-refractivity contribution is -0.114. The van der Waals surface area contributed by atoms with Crippen molar-refractivity contribution in [3.63, 3.8) is 0 Å². The van der Waals surface area contributed by atoms with Crippen molar-refractivity contribution < 1.29 is 9.18 Å². The molecule has 0 saturated carbocycles. The van der Waals surface area contributed by atoms with Crippen LogP contribution in [0.4, 0.5) is 15.2 Å². The van der Waals surface area contributed by atoms with E-state index in [1.807, 2.05) is 6.92 Å². The van der Waals surface area contributed by atoms with Gasteiger partial charge in [-0.15, -0.1) is 0 Å². The molecule has 3 aromatic rings. The van der Waals surface area contributed by atoms with Crippen LogP contribution in [0, 0.1) is 12.7 Å². The second kappa shape index (κ2) is 8.05. The van der Waals surface area contributed by atoms with Crippen molar-refractivity contribution in [3.8, 4) is 0 Å². The monoisotopic (exact) mass is 370 g/mol. The zero-order valence-corrected chi connectivity index (χ0v) is 15.4. The molecule has 0 aliphatic heterocycles. The summed E-state index contributed by atoms with van der Waals surface area (Å²) in [6, 6.07) is 14.3. The molecule has 5 nitrogen and oxygen atoms in total. The van der Waals surface area contributed by atoms with Crippen LogP contribution in [0.2, 0.25) is 0 Å². The number of hydrogen-bond donors (Lipinski definition) is 1. The van der Waals surface area contributed by atoms with Crippen LogP contribution in [0.5, 0.6) is 0 Å². The fraction of sp³-hybridized carbons (Fsp3) is 0.211.